The Kier molecular flexibility index (Phi) is 3.01. The summed E-state index contributed by atoms with van der Waals surface area (Å²) in [6.07, 6.45) is 5.27. The summed E-state index contributed by atoms with van der Waals surface area (Å²) in [7, 11) is 0. The van der Waals surface area contributed by atoms with Gasteiger partial charge in [0.1, 0.15) is 5.82 Å². The molecule has 3 rings (SSSR count). The van der Waals surface area contributed by atoms with E-state index in [0.717, 1.165) is 10.2 Å². The lowest BCUT2D eigenvalue weighted by atomic mass is 9.85. The molecule has 4 nitrogen and oxygen atoms in total. The zero-order valence-electron chi connectivity index (χ0n) is 10.5. The average molecular weight is 321 g/mol. The number of aryl methyl sites for hydroxylation is 1. The molecule has 2 atom stereocenters. The van der Waals surface area contributed by atoms with Gasteiger partial charge in [0.05, 0.1) is 17.5 Å². The summed E-state index contributed by atoms with van der Waals surface area (Å²) in [6, 6.07) is 3.52. The van der Waals surface area contributed by atoms with Gasteiger partial charge in [-0.2, -0.15) is 0 Å². The topological polar surface area (TPSA) is 50.3 Å². The first-order valence-electron chi connectivity index (χ1n) is 6.25. The highest BCUT2D eigenvalue weighted by molar-refractivity contribution is 9.10. The molecular formula is C14H13BrN2O2. The number of aromatic nitrogens is 1. The van der Waals surface area contributed by atoms with Crippen molar-refractivity contribution in [3.05, 3.63) is 34.5 Å². The van der Waals surface area contributed by atoms with Crippen LogP contribution in [-0.2, 0) is 9.59 Å². The molecule has 0 bridgehead atoms. The van der Waals surface area contributed by atoms with Gasteiger partial charge in [-0.1, -0.05) is 12.2 Å². The predicted molar refractivity (Wildman–Crippen MR) is 74.5 cm³/mol. The maximum atomic E-state index is 12.4. The van der Waals surface area contributed by atoms with Crippen LogP contribution in [0.25, 0.3) is 0 Å². The molecule has 5 heteroatoms. The van der Waals surface area contributed by atoms with Crippen molar-refractivity contribution < 1.29 is 9.59 Å². The summed E-state index contributed by atoms with van der Waals surface area (Å²) in [4.78, 5) is 30.3. The van der Waals surface area contributed by atoms with E-state index < -0.39 is 0 Å². The summed E-state index contributed by atoms with van der Waals surface area (Å²) in [5.41, 5.74) is 0.770. The van der Waals surface area contributed by atoms with Crippen molar-refractivity contribution in [2.75, 3.05) is 4.90 Å². The molecule has 2 heterocycles. The van der Waals surface area contributed by atoms with Gasteiger partial charge in [-0.05, 0) is 47.8 Å². The molecule has 1 saturated heterocycles. The smallest absolute Gasteiger partial charge is 0.239 e. The van der Waals surface area contributed by atoms with Crippen molar-refractivity contribution in [2.24, 2.45) is 11.8 Å². The molecule has 2 aliphatic rings. The molecule has 98 valence electrons. The third kappa shape index (κ3) is 1.92. The number of carbonyl (C=O) groups is 2. The van der Waals surface area contributed by atoms with Gasteiger partial charge in [-0.25, -0.2) is 9.88 Å². The van der Waals surface area contributed by atoms with E-state index in [-0.39, 0.29) is 23.7 Å². The quantitative estimate of drug-likeness (QED) is 0.590. The first kappa shape index (κ1) is 12.5. The summed E-state index contributed by atoms with van der Waals surface area (Å²) >= 11 is 3.37. The number of allylic oxidation sites excluding steroid dienone is 2. The summed E-state index contributed by atoms with van der Waals surface area (Å²) in [5.74, 6) is -0.209. The number of halogens is 1. The molecule has 2 unspecified atom stereocenters. The van der Waals surface area contributed by atoms with E-state index in [1.165, 1.54) is 4.90 Å². The lowest BCUT2D eigenvalue weighted by Gasteiger charge is -2.14. The van der Waals surface area contributed by atoms with Gasteiger partial charge < -0.3 is 0 Å². The second-order valence-electron chi connectivity index (χ2n) is 4.90. The van der Waals surface area contributed by atoms with Gasteiger partial charge in [0.2, 0.25) is 11.8 Å². The Bertz CT molecular complexity index is 571. The second-order valence-corrected chi connectivity index (χ2v) is 5.76. The van der Waals surface area contributed by atoms with Crippen LogP contribution in [0.3, 0.4) is 0 Å². The molecule has 0 N–H and O–H groups in total. The van der Waals surface area contributed by atoms with Crippen LogP contribution in [0, 0.1) is 18.8 Å². The van der Waals surface area contributed by atoms with E-state index in [2.05, 4.69) is 20.9 Å². The largest absolute Gasteiger partial charge is 0.274 e. The third-order valence-electron chi connectivity index (χ3n) is 3.74. The molecule has 0 radical (unpaired) electrons. The fourth-order valence-electron chi connectivity index (χ4n) is 2.68. The Morgan fingerprint density at radius 2 is 1.74 bits per heavy atom. The number of imide groups is 1. The molecule has 1 aromatic heterocycles. The normalized spacial score (nSPS) is 25.9. The SMILES string of the molecule is Cc1nc(N2C(=O)C3CC=CCC3C2=O)ccc1Br. The standard InChI is InChI=1S/C14H13BrN2O2/c1-8-11(15)6-7-12(16-8)17-13(18)9-4-2-3-5-10(9)14(17)19/h2-3,6-7,9-10H,4-5H2,1H3. The summed E-state index contributed by atoms with van der Waals surface area (Å²) in [6.45, 7) is 1.84. The van der Waals surface area contributed by atoms with Crippen molar-refractivity contribution in [1.82, 2.24) is 4.98 Å². The Balaban J connectivity index is 1.99. The van der Waals surface area contributed by atoms with E-state index in [9.17, 15) is 9.59 Å². The predicted octanol–water partition coefficient (Wildman–Crippen LogP) is 2.61. The van der Waals surface area contributed by atoms with Crippen LogP contribution in [0.5, 0.6) is 0 Å². The number of fused-ring (bicyclic) bond motifs is 1. The molecule has 1 aromatic rings. The van der Waals surface area contributed by atoms with Gasteiger partial charge in [0, 0.05) is 4.47 Å². The van der Waals surface area contributed by atoms with Crippen LogP contribution in [-0.4, -0.2) is 16.8 Å². The second kappa shape index (κ2) is 4.56. The average Bonchev–Trinajstić information content (AvgIpc) is 2.66. The van der Waals surface area contributed by atoms with Crippen LogP contribution >= 0.6 is 15.9 Å². The monoisotopic (exact) mass is 320 g/mol. The zero-order chi connectivity index (χ0) is 13.6. The van der Waals surface area contributed by atoms with E-state index >= 15 is 0 Å². The number of anilines is 1. The molecule has 1 aliphatic carbocycles. The van der Waals surface area contributed by atoms with Gasteiger partial charge in [0.25, 0.3) is 0 Å². The first-order chi connectivity index (χ1) is 9.09. The van der Waals surface area contributed by atoms with Gasteiger partial charge in [0.15, 0.2) is 0 Å². The lowest BCUT2D eigenvalue weighted by molar-refractivity contribution is -0.122. The molecule has 2 amide bonds. The molecular weight excluding hydrogens is 308 g/mol. The number of hydrogen-bond acceptors (Lipinski definition) is 3. The minimum atomic E-state index is -0.205. The Hall–Kier alpha value is -1.49. The third-order valence-corrected chi connectivity index (χ3v) is 4.58. The molecule has 1 fully saturated rings. The van der Waals surface area contributed by atoms with Crippen LogP contribution in [0.2, 0.25) is 0 Å². The van der Waals surface area contributed by atoms with Crippen molar-refractivity contribution in [1.29, 1.82) is 0 Å². The van der Waals surface area contributed by atoms with Crippen LogP contribution in [0.15, 0.2) is 28.8 Å². The number of hydrogen-bond donors (Lipinski definition) is 0. The number of nitrogens with zero attached hydrogens (tertiary/aromatic N) is 2. The minimum Gasteiger partial charge on any atom is -0.274 e. The summed E-state index contributed by atoms with van der Waals surface area (Å²) in [5, 5.41) is 0. The molecule has 19 heavy (non-hydrogen) atoms. The maximum absolute atomic E-state index is 12.4. The van der Waals surface area contributed by atoms with Crippen LogP contribution in [0.1, 0.15) is 18.5 Å². The lowest BCUT2D eigenvalue weighted by Crippen LogP contribution is -2.31. The van der Waals surface area contributed by atoms with E-state index in [0.29, 0.717) is 18.7 Å². The van der Waals surface area contributed by atoms with Crippen molar-refractivity contribution in [2.45, 2.75) is 19.8 Å². The minimum absolute atomic E-state index is 0.117. The van der Waals surface area contributed by atoms with E-state index in [1.807, 2.05) is 25.1 Å². The molecule has 0 spiro atoms. The highest BCUT2D eigenvalue weighted by Gasteiger charge is 2.48. The Labute approximate surface area is 119 Å². The zero-order valence-corrected chi connectivity index (χ0v) is 12.1. The van der Waals surface area contributed by atoms with Crippen molar-refractivity contribution >= 4 is 33.6 Å². The Morgan fingerprint density at radius 3 is 2.26 bits per heavy atom. The first-order valence-corrected chi connectivity index (χ1v) is 7.05. The fourth-order valence-corrected chi connectivity index (χ4v) is 2.90. The highest BCUT2D eigenvalue weighted by Crippen LogP contribution is 2.37. The van der Waals surface area contributed by atoms with Crippen molar-refractivity contribution in [3.63, 3.8) is 0 Å². The fraction of sp³-hybridized carbons (Fsp3) is 0.357. The number of amides is 2. The van der Waals surface area contributed by atoms with Gasteiger partial charge in [-0.15, -0.1) is 0 Å². The highest BCUT2D eigenvalue weighted by atomic mass is 79.9. The molecule has 1 aliphatic heterocycles. The molecule has 0 aromatic carbocycles. The number of rotatable bonds is 1. The van der Waals surface area contributed by atoms with Gasteiger partial charge >= 0.3 is 0 Å². The maximum Gasteiger partial charge on any atom is 0.239 e. The van der Waals surface area contributed by atoms with Gasteiger partial charge in [-0.3, -0.25) is 9.59 Å². The number of pyridine rings is 1. The van der Waals surface area contributed by atoms with Crippen molar-refractivity contribution in [3.8, 4) is 0 Å². The van der Waals surface area contributed by atoms with E-state index in [4.69, 9.17) is 0 Å². The molecule has 0 saturated carbocycles. The van der Waals surface area contributed by atoms with E-state index in [1.54, 1.807) is 6.07 Å². The van der Waals surface area contributed by atoms with Crippen LogP contribution in [0.4, 0.5) is 5.82 Å². The summed E-state index contributed by atoms with van der Waals surface area (Å²) < 4.78 is 0.870. The van der Waals surface area contributed by atoms with Crippen LogP contribution < -0.4 is 4.90 Å². The Morgan fingerprint density at radius 1 is 1.16 bits per heavy atom. The number of carbonyl (C=O) groups excluding carboxylic acids is 2.